The number of amides is 4. The Morgan fingerprint density at radius 3 is 0.827 bits per heavy atom. The van der Waals surface area contributed by atoms with Crippen molar-refractivity contribution in [2.24, 2.45) is 0 Å². The van der Waals surface area contributed by atoms with E-state index in [1.807, 2.05) is 0 Å². The number of ether oxygens (including phenoxy) is 2. The Hall–Kier alpha value is -3.18. The predicted molar refractivity (Wildman–Crippen MR) is 205 cm³/mol. The van der Waals surface area contributed by atoms with E-state index in [1.165, 1.54) is 131 Å². The molecule has 4 amide bonds. The highest BCUT2D eigenvalue weighted by Gasteiger charge is 2.20. The number of hydrogen-bond acceptors (Lipinski definition) is 8. The molecule has 2 atom stereocenters. The lowest BCUT2D eigenvalue weighted by Crippen LogP contribution is -2.44. The molecule has 0 bridgehead atoms. The van der Waals surface area contributed by atoms with Gasteiger partial charge in [0.1, 0.15) is 12.2 Å². The molecule has 0 fully saturated rings. The van der Waals surface area contributed by atoms with E-state index in [4.69, 9.17) is 9.47 Å². The van der Waals surface area contributed by atoms with Gasteiger partial charge in [0.05, 0.1) is 26.2 Å². The molecule has 0 aromatic heterocycles. The highest BCUT2D eigenvalue weighted by molar-refractivity contribution is 5.75. The first-order valence-electron chi connectivity index (χ1n) is 20.2. The Bertz CT molecular complexity index is 930. The first-order valence-corrected chi connectivity index (χ1v) is 20.2. The van der Waals surface area contributed by atoms with Crippen LogP contribution in [0.5, 0.6) is 0 Å². The molecule has 302 valence electrons. The average Bonchev–Trinajstić information content (AvgIpc) is 3.06. The lowest BCUT2D eigenvalue weighted by molar-refractivity contribution is -0.150. The van der Waals surface area contributed by atoms with E-state index in [-0.39, 0.29) is 49.8 Å². The molecule has 0 heterocycles. The highest BCUT2D eigenvalue weighted by Crippen LogP contribution is 2.15. The summed E-state index contributed by atoms with van der Waals surface area (Å²) in [5, 5.41) is 5.33. The van der Waals surface area contributed by atoms with Gasteiger partial charge in [-0.2, -0.15) is 0 Å². The van der Waals surface area contributed by atoms with Crippen molar-refractivity contribution < 1.29 is 38.2 Å². The van der Waals surface area contributed by atoms with Gasteiger partial charge in [0.2, 0.25) is 23.6 Å². The number of nitrogens with one attached hydrogen (secondary N) is 2. The monoisotopic (exact) mass is 739 g/mol. The largest absolute Gasteiger partial charge is 0.459 e. The minimum atomic E-state index is -0.545. The molecular formula is C40H74N4O8. The predicted octanol–water partition coefficient (Wildman–Crippen LogP) is 6.62. The molecule has 0 spiro atoms. The zero-order chi connectivity index (χ0) is 39.0. The van der Waals surface area contributed by atoms with Crippen LogP contribution < -0.4 is 10.6 Å². The van der Waals surface area contributed by atoms with Crippen molar-refractivity contribution >= 4 is 35.6 Å². The Morgan fingerprint density at radius 1 is 0.404 bits per heavy atom. The van der Waals surface area contributed by atoms with E-state index in [0.717, 1.165) is 38.5 Å². The quantitative estimate of drug-likeness (QED) is 0.0563. The van der Waals surface area contributed by atoms with Gasteiger partial charge in [-0.05, 0) is 12.8 Å². The maximum atomic E-state index is 12.1. The number of unbranched alkanes of at least 4 members (excludes halogenated alkanes) is 19. The molecule has 0 aromatic rings. The van der Waals surface area contributed by atoms with E-state index in [0.29, 0.717) is 13.1 Å². The third-order valence-electron chi connectivity index (χ3n) is 9.17. The molecule has 0 saturated carbocycles. The molecule has 0 saturated heterocycles. The van der Waals surface area contributed by atoms with E-state index < -0.39 is 24.1 Å². The average molecular weight is 739 g/mol. The van der Waals surface area contributed by atoms with Crippen LogP contribution in [0.1, 0.15) is 170 Å². The summed E-state index contributed by atoms with van der Waals surface area (Å²) >= 11 is 0. The van der Waals surface area contributed by atoms with Crippen molar-refractivity contribution in [3.05, 3.63) is 0 Å². The van der Waals surface area contributed by atoms with Crippen molar-refractivity contribution in [3.8, 4) is 0 Å². The van der Waals surface area contributed by atoms with Crippen molar-refractivity contribution in [2.75, 3.05) is 39.3 Å². The standard InChI is InChI=1S/C40H74N4O8/c1-33(45)41-29-39(51-37(5)49)31-43(35(3)47)27-25-23-21-19-17-15-13-11-9-7-8-10-12-14-16-18-20-22-24-26-28-44(36(4)48)32-40(52-38(6)50)30-42-34(2)46/h39-40H,7-32H2,1-6H3,(H,41,45)(H,42,46)/t39-,40+. The lowest BCUT2D eigenvalue weighted by Gasteiger charge is -2.26. The summed E-state index contributed by atoms with van der Waals surface area (Å²) in [6.45, 7) is 10.8. The van der Waals surface area contributed by atoms with E-state index >= 15 is 0 Å². The van der Waals surface area contributed by atoms with E-state index in [1.54, 1.807) is 9.80 Å². The van der Waals surface area contributed by atoms with Crippen molar-refractivity contribution in [3.63, 3.8) is 0 Å². The van der Waals surface area contributed by atoms with Gasteiger partial charge in [-0.1, -0.05) is 116 Å². The molecule has 0 aliphatic heterocycles. The van der Waals surface area contributed by atoms with E-state index in [2.05, 4.69) is 10.6 Å². The molecule has 0 aromatic carbocycles. The number of rotatable bonds is 33. The number of nitrogens with zero attached hydrogens (tertiary/aromatic N) is 2. The van der Waals surface area contributed by atoms with E-state index in [9.17, 15) is 28.8 Å². The summed E-state index contributed by atoms with van der Waals surface area (Å²) in [6.07, 6.45) is 23.4. The van der Waals surface area contributed by atoms with Gasteiger partial charge in [-0.3, -0.25) is 28.8 Å². The number of hydrogen-bond donors (Lipinski definition) is 2. The number of carbonyl (C=O) groups excluding carboxylic acids is 6. The highest BCUT2D eigenvalue weighted by atomic mass is 16.5. The summed E-state index contributed by atoms with van der Waals surface area (Å²) in [6, 6.07) is 0. The SMILES string of the molecule is CC(=O)NC[C@H](CN(CCCCCCCCCCCCCCCCCCCCCCN(C[C@H](CNC(C)=O)OC(C)=O)C(C)=O)C(C)=O)OC(C)=O. The van der Waals surface area contributed by atoms with Crippen LogP contribution in [-0.2, 0) is 38.2 Å². The van der Waals surface area contributed by atoms with Crippen LogP contribution in [0.15, 0.2) is 0 Å². The fraction of sp³-hybridized carbons (Fsp3) is 0.850. The molecular weight excluding hydrogens is 664 g/mol. The number of carbonyl (C=O) groups is 6. The summed E-state index contributed by atoms with van der Waals surface area (Å²) in [7, 11) is 0. The molecule has 0 aliphatic rings. The maximum absolute atomic E-state index is 12.1. The summed E-state index contributed by atoms with van der Waals surface area (Å²) in [5.41, 5.74) is 0. The molecule has 0 unspecified atom stereocenters. The summed E-state index contributed by atoms with van der Waals surface area (Å²) in [4.78, 5) is 73.0. The number of esters is 2. The van der Waals surface area contributed by atoms with Gasteiger partial charge in [0.15, 0.2) is 0 Å². The molecule has 0 aliphatic carbocycles. The normalized spacial score (nSPS) is 12.0. The third-order valence-corrected chi connectivity index (χ3v) is 9.17. The van der Waals surface area contributed by atoms with Gasteiger partial charge < -0.3 is 29.9 Å². The Labute approximate surface area is 315 Å². The minimum Gasteiger partial charge on any atom is -0.459 e. The molecule has 12 nitrogen and oxygen atoms in total. The van der Waals surface area contributed by atoms with Crippen LogP contribution in [0.3, 0.4) is 0 Å². The fourth-order valence-corrected chi connectivity index (χ4v) is 6.31. The Morgan fingerprint density at radius 2 is 0.635 bits per heavy atom. The van der Waals surface area contributed by atoms with Gasteiger partial charge in [0, 0.05) is 54.6 Å². The van der Waals surface area contributed by atoms with Crippen molar-refractivity contribution in [2.45, 2.75) is 182 Å². The van der Waals surface area contributed by atoms with Crippen LogP contribution >= 0.6 is 0 Å². The van der Waals surface area contributed by atoms with Gasteiger partial charge in [-0.25, -0.2) is 0 Å². The second-order valence-corrected chi connectivity index (χ2v) is 14.3. The fourth-order valence-electron chi connectivity index (χ4n) is 6.31. The van der Waals surface area contributed by atoms with Crippen LogP contribution in [-0.4, -0.2) is 96.8 Å². The topological polar surface area (TPSA) is 151 Å². The first kappa shape index (κ1) is 48.8. The first-order chi connectivity index (χ1) is 24.8. The van der Waals surface area contributed by atoms with Crippen LogP contribution in [0.25, 0.3) is 0 Å². The Kier molecular flexibility index (Phi) is 30.5. The van der Waals surface area contributed by atoms with Gasteiger partial charge in [0.25, 0.3) is 0 Å². The van der Waals surface area contributed by atoms with Crippen molar-refractivity contribution in [1.29, 1.82) is 0 Å². The van der Waals surface area contributed by atoms with Crippen LogP contribution in [0, 0.1) is 0 Å². The smallest absolute Gasteiger partial charge is 0.303 e. The summed E-state index contributed by atoms with van der Waals surface area (Å²) in [5.74, 6) is -1.34. The zero-order valence-electron chi connectivity index (χ0n) is 33.7. The zero-order valence-corrected chi connectivity index (χ0v) is 33.7. The summed E-state index contributed by atoms with van der Waals surface area (Å²) < 4.78 is 10.6. The molecule has 0 rings (SSSR count). The lowest BCUT2D eigenvalue weighted by atomic mass is 10.0. The van der Waals surface area contributed by atoms with Gasteiger partial charge in [-0.15, -0.1) is 0 Å². The van der Waals surface area contributed by atoms with Crippen LogP contribution in [0.2, 0.25) is 0 Å². The second kappa shape index (κ2) is 32.5. The third kappa shape index (κ3) is 31.5. The van der Waals surface area contributed by atoms with Crippen molar-refractivity contribution in [1.82, 2.24) is 20.4 Å². The molecule has 52 heavy (non-hydrogen) atoms. The maximum Gasteiger partial charge on any atom is 0.303 e. The van der Waals surface area contributed by atoms with Gasteiger partial charge >= 0.3 is 11.9 Å². The second-order valence-electron chi connectivity index (χ2n) is 14.3. The van der Waals surface area contributed by atoms with Crippen LogP contribution in [0.4, 0.5) is 0 Å². The molecule has 0 radical (unpaired) electrons. The minimum absolute atomic E-state index is 0.0519. The Balaban J connectivity index is 3.73. The molecule has 12 heteroatoms. The molecule has 2 N–H and O–H groups in total.